The van der Waals surface area contributed by atoms with E-state index in [0.29, 0.717) is 47.3 Å². The number of fused-ring (bicyclic) bond motifs is 1. The number of aliphatic imine (C=N–C) groups is 1. The minimum absolute atomic E-state index is 0.00128. The van der Waals surface area contributed by atoms with Gasteiger partial charge in [0.1, 0.15) is 0 Å². The van der Waals surface area contributed by atoms with Crippen LogP contribution in [0.15, 0.2) is 52.5 Å². The minimum Gasteiger partial charge on any atom is -0.354 e. The van der Waals surface area contributed by atoms with Gasteiger partial charge in [0.25, 0.3) is 5.91 Å². The summed E-state index contributed by atoms with van der Waals surface area (Å²) in [4.78, 5) is 30.9. The minimum atomic E-state index is -4.45. The first-order valence-corrected chi connectivity index (χ1v) is 12.8. The highest BCUT2D eigenvalue weighted by molar-refractivity contribution is 8.18. The molecule has 8 nitrogen and oxygen atoms in total. The van der Waals surface area contributed by atoms with Crippen molar-refractivity contribution in [3.05, 3.63) is 69.8 Å². The number of amidine groups is 1. The number of nitrogens with zero attached hydrogens (tertiary/aromatic N) is 4. The van der Waals surface area contributed by atoms with E-state index >= 15 is 0 Å². The van der Waals surface area contributed by atoms with Crippen LogP contribution in [0.25, 0.3) is 17.0 Å². The number of rotatable bonds is 6. The van der Waals surface area contributed by atoms with E-state index in [1.165, 1.54) is 17.8 Å². The predicted molar refractivity (Wildman–Crippen MR) is 140 cm³/mol. The van der Waals surface area contributed by atoms with Crippen molar-refractivity contribution in [1.82, 2.24) is 25.3 Å². The number of amides is 2. The van der Waals surface area contributed by atoms with E-state index in [1.807, 2.05) is 11.0 Å². The van der Waals surface area contributed by atoms with E-state index < -0.39 is 11.7 Å². The molecule has 38 heavy (non-hydrogen) atoms. The molecular formula is C26H25F3N6O2S. The Hall–Kier alpha value is -3.64. The lowest BCUT2D eigenvalue weighted by molar-refractivity contribution is -0.138. The SMILES string of the molecule is Cc1ccc(Cn2ncc3cc(/C=C4\SC(=NCCN5CCNC(=O)C5)NC4=O)ccc32)c(C(F)(F)F)c1. The fourth-order valence-electron chi connectivity index (χ4n) is 4.40. The maximum absolute atomic E-state index is 13.5. The first-order valence-electron chi connectivity index (χ1n) is 12.0. The summed E-state index contributed by atoms with van der Waals surface area (Å²) in [5.74, 6) is -0.248. The number of hydrogen-bond acceptors (Lipinski definition) is 6. The number of thioether (sulfide) groups is 1. The Kier molecular flexibility index (Phi) is 7.26. The summed E-state index contributed by atoms with van der Waals surface area (Å²) in [6.45, 7) is 4.45. The maximum atomic E-state index is 13.5. The van der Waals surface area contributed by atoms with Crippen LogP contribution in [0.2, 0.25) is 0 Å². The Morgan fingerprint density at radius 1 is 1.18 bits per heavy atom. The molecule has 2 amide bonds. The molecule has 2 aliphatic heterocycles. The van der Waals surface area contributed by atoms with Crippen LogP contribution < -0.4 is 10.6 Å². The standard InChI is InChI=1S/C26H25F3N6O2S/c1-16-2-4-18(20(10-16)26(27,28)29)14-35-21-5-3-17(11-19(21)13-32-35)12-22-24(37)33-25(38-22)31-7-9-34-8-6-30-23(36)15-34/h2-5,10-13H,6-9,14-15H2,1H3,(H,30,36)(H,31,33,37)/b22-12-. The number of hydrogen-bond donors (Lipinski definition) is 2. The second-order valence-corrected chi connectivity index (χ2v) is 10.2. The number of carbonyl (C=O) groups is 2. The molecule has 0 atom stereocenters. The number of halogens is 3. The number of nitrogens with one attached hydrogen (secondary N) is 2. The molecule has 0 aliphatic carbocycles. The zero-order chi connectivity index (χ0) is 26.9. The van der Waals surface area contributed by atoms with Crippen molar-refractivity contribution >= 4 is 45.7 Å². The lowest BCUT2D eigenvalue weighted by Crippen LogP contribution is -2.48. The monoisotopic (exact) mass is 542 g/mol. The third-order valence-electron chi connectivity index (χ3n) is 6.29. The molecule has 198 valence electrons. The number of alkyl halides is 3. The van der Waals surface area contributed by atoms with Crippen molar-refractivity contribution in [3.8, 4) is 0 Å². The first kappa shape index (κ1) is 26.0. The summed E-state index contributed by atoms with van der Waals surface area (Å²) in [6, 6.07) is 9.74. The van der Waals surface area contributed by atoms with Crippen LogP contribution in [0.3, 0.4) is 0 Å². The van der Waals surface area contributed by atoms with Crippen LogP contribution in [0.5, 0.6) is 0 Å². The lowest BCUT2D eigenvalue weighted by atomic mass is 10.0. The van der Waals surface area contributed by atoms with Crippen LogP contribution in [0, 0.1) is 6.92 Å². The molecule has 2 fully saturated rings. The highest BCUT2D eigenvalue weighted by Gasteiger charge is 2.33. The molecule has 0 unspecified atom stereocenters. The van der Waals surface area contributed by atoms with E-state index in [-0.39, 0.29) is 23.9 Å². The van der Waals surface area contributed by atoms with Crippen LogP contribution in [-0.2, 0) is 22.3 Å². The third-order valence-corrected chi connectivity index (χ3v) is 7.24. The molecule has 3 heterocycles. The molecule has 0 radical (unpaired) electrons. The number of carbonyl (C=O) groups excluding carboxylic acids is 2. The number of aryl methyl sites for hydroxylation is 1. The van der Waals surface area contributed by atoms with Gasteiger partial charge in [-0.3, -0.25) is 24.2 Å². The molecule has 0 bridgehead atoms. The van der Waals surface area contributed by atoms with Crippen molar-refractivity contribution in [2.75, 3.05) is 32.7 Å². The predicted octanol–water partition coefficient (Wildman–Crippen LogP) is 3.40. The summed E-state index contributed by atoms with van der Waals surface area (Å²) < 4.78 is 42.2. The van der Waals surface area contributed by atoms with E-state index in [0.717, 1.165) is 23.6 Å². The fraction of sp³-hybridized carbons (Fsp3) is 0.308. The fourth-order valence-corrected chi connectivity index (χ4v) is 5.25. The Bertz CT molecular complexity index is 1460. The molecule has 3 aromatic rings. The quantitative estimate of drug-likeness (QED) is 0.466. The van der Waals surface area contributed by atoms with Gasteiger partial charge in [0.15, 0.2) is 5.17 Å². The lowest BCUT2D eigenvalue weighted by Gasteiger charge is -2.25. The molecule has 2 aromatic carbocycles. The van der Waals surface area contributed by atoms with Gasteiger partial charge in [0, 0.05) is 25.0 Å². The smallest absolute Gasteiger partial charge is 0.354 e. The summed E-state index contributed by atoms with van der Waals surface area (Å²) >= 11 is 1.24. The van der Waals surface area contributed by atoms with Crippen molar-refractivity contribution in [3.63, 3.8) is 0 Å². The second kappa shape index (κ2) is 10.6. The van der Waals surface area contributed by atoms with Crippen molar-refractivity contribution in [2.24, 2.45) is 4.99 Å². The molecule has 1 aromatic heterocycles. The Balaban J connectivity index is 1.28. The molecular weight excluding hydrogens is 517 g/mol. The average molecular weight is 543 g/mol. The van der Waals surface area contributed by atoms with Gasteiger partial charge in [-0.15, -0.1) is 0 Å². The van der Waals surface area contributed by atoms with Crippen molar-refractivity contribution in [2.45, 2.75) is 19.6 Å². The van der Waals surface area contributed by atoms with Gasteiger partial charge in [-0.1, -0.05) is 23.8 Å². The highest BCUT2D eigenvalue weighted by Crippen LogP contribution is 2.33. The van der Waals surface area contributed by atoms with E-state index in [1.54, 1.807) is 42.1 Å². The van der Waals surface area contributed by atoms with Crippen molar-refractivity contribution in [1.29, 1.82) is 0 Å². The van der Waals surface area contributed by atoms with E-state index in [9.17, 15) is 22.8 Å². The largest absolute Gasteiger partial charge is 0.416 e. The molecule has 0 spiro atoms. The van der Waals surface area contributed by atoms with Crippen LogP contribution in [0.1, 0.15) is 22.3 Å². The van der Waals surface area contributed by atoms with Gasteiger partial charge in [0.2, 0.25) is 5.91 Å². The van der Waals surface area contributed by atoms with Crippen molar-refractivity contribution < 1.29 is 22.8 Å². The maximum Gasteiger partial charge on any atom is 0.416 e. The Morgan fingerprint density at radius 3 is 2.82 bits per heavy atom. The number of benzene rings is 2. The van der Waals surface area contributed by atoms with E-state index in [2.05, 4.69) is 20.7 Å². The Labute approximate surface area is 221 Å². The Morgan fingerprint density at radius 2 is 2.03 bits per heavy atom. The van der Waals surface area contributed by atoms with Gasteiger partial charge >= 0.3 is 6.18 Å². The summed E-state index contributed by atoms with van der Waals surface area (Å²) in [5.41, 5.74) is 1.49. The molecule has 12 heteroatoms. The van der Waals surface area contributed by atoms with E-state index in [4.69, 9.17) is 0 Å². The topological polar surface area (TPSA) is 91.6 Å². The van der Waals surface area contributed by atoms with Crippen LogP contribution >= 0.6 is 11.8 Å². The van der Waals surface area contributed by atoms with Gasteiger partial charge in [-0.25, -0.2) is 0 Å². The van der Waals surface area contributed by atoms with Crippen LogP contribution in [0.4, 0.5) is 13.2 Å². The summed E-state index contributed by atoms with van der Waals surface area (Å²) in [7, 11) is 0. The molecule has 2 N–H and O–H groups in total. The number of aromatic nitrogens is 2. The first-order chi connectivity index (χ1) is 18.2. The molecule has 2 aliphatic rings. The zero-order valence-corrected chi connectivity index (χ0v) is 21.3. The summed E-state index contributed by atoms with van der Waals surface area (Å²) in [5, 5.41) is 11.1. The van der Waals surface area contributed by atoms with Gasteiger partial charge in [-0.05, 0) is 54.1 Å². The normalized spacial score (nSPS) is 18.9. The summed E-state index contributed by atoms with van der Waals surface area (Å²) in [6.07, 6.45) is -1.10. The third kappa shape index (κ3) is 5.91. The second-order valence-electron chi connectivity index (χ2n) is 9.16. The highest BCUT2D eigenvalue weighted by atomic mass is 32.2. The molecule has 5 rings (SSSR count). The molecule has 2 saturated heterocycles. The van der Waals surface area contributed by atoms with Gasteiger partial charge in [-0.2, -0.15) is 18.3 Å². The average Bonchev–Trinajstić information content (AvgIpc) is 3.42. The van der Waals surface area contributed by atoms with Crippen LogP contribution in [-0.4, -0.2) is 64.4 Å². The molecule has 0 saturated carbocycles. The van der Waals surface area contributed by atoms with Gasteiger partial charge < -0.3 is 10.6 Å². The number of piperazine rings is 1. The zero-order valence-electron chi connectivity index (χ0n) is 20.5. The van der Waals surface area contributed by atoms with Gasteiger partial charge in [0.05, 0.1) is 41.8 Å².